The van der Waals surface area contributed by atoms with Crippen LogP contribution in [0.1, 0.15) is 37.8 Å². The number of benzene rings is 3. The number of nitrogens with one attached hydrogen (secondary N) is 1. The Morgan fingerprint density at radius 2 is 1.37 bits per heavy atom. The maximum Gasteiger partial charge on any atom is 0.247 e. The second-order valence-corrected chi connectivity index (χ2v) is 9.30. The first-order valence-corrected chi connectivity index (χ1v) is 12.0. The number of rotatable bonds is 6. The molecule has 2 heterocycles. The van der Waals surface area contributed by atoms with Crippen LogP contribution >= 0.6 is 0 Å². The zero-order valence-corrected chi connectivity index (χ0v) is 19.4. The number of hydrogen-bond acceptors (Lipinski definition) is 4. The van der Waals surface area contributed by atoms with Crippen LogP contribution in [-0.4, -0.2) is 42.6 Å². The highest BCUT2D eigenvalue weighted by atomic mass is 16.2. The predicted octanol–water partition coefficient (Wildman–Crippen LogP) is 4.95. The molecule has 0 unspecified atom stereocenters. The third kappa shape index (κ3) is 4.42. The van der Waals surface area contributed by atoms with Gasteiger partial charge in [0.25, 0.3) is 0 Å². The number of nitriles is 1. The minimum absolute atomic E-state index is 0. The van der Waals surface area contributed by atoms with E-state index >= 15 is 0 Å². The predicted molar refractivity (Wildman–Crippen MR) is 141 cm³/mol. The van der Waals surface area contributed by atoms with Crippen molar-refractivity contribution in [1.82, 2.24) is 10.2 Å². The van der Waals surface area contributed by atoms with Crippen molar-refractivity contribution in [3.05, 3.63) is 102 Å². The van der Waals surface area contributed by atoms with Gasteiger partial charge in [0, 0.05) is 25.3 Å². The first kappa shape index (κ1) is 24.5. The number of nitrogens with zero attached hydrogens (tertiary/aromatic N) is 3. The molecule has 1 spiro atoms. The van der Waals surface area contributed by atoms with Gasteiger partial charge in [-0.3, -0.25) is 4.79 Å². The quantitative estimate of drug-likeness (QED) is 0.558. The fourth-order valence-corrected chi connectivity index (χ4v) is 5.59. The highest BCUT2D eigenvalue weighted by molar-refractivity contribution is 5.93. The maximum atomic E-state index is 13.0. The first-order chi connectivity index (χ1) is 16.7. The van der Waals surface area contributed by atoms with Gasteiger partial charge in [-0.25, -0.2) is 0 Å². The molecule has 3 aromatic rings. The van der Waals surface area contributed by atoms with E-state index in [1.165, 1.54) is 0 Å². The van der Waals surface area contributed by atoms with Crippen LogP contribution in [0.5, 0.6) is 0 Å². The summed E-state index contributed by atoms with van der Waals surface area (Å²) in [4.78, 5) is 17.6. The lowest BCUT2D eigenvalue weighted by Crippen LogP contribution is -2.56. The van der Waals surface area contributed by atoms with E-state index in [1.54, 1.807) is 0 Å². The largest absolute Gasteiger partial charge is 0.339 e. The van der Waals surface area contributed by atoms with Gasteiger partial charge in [0.1, 0.15) is 11.0 Å². The van der Waals surface area contributed by atoms with Gasteiger partial charge in [-0.15, -0.1) is 0 Å². The molecule has 0 aliphatic carbocycles. The molecule has 1 N–H and O–H groups in total. The Bertz CT molecular complexity index is 1110. The lowest BCUT2D eigenvalue weighted by molar-refractivity contribution is -0.125. The van der Waals surface area contributed by atoms with Crippen LogP contribution in [0.4, 0.5) is 5.69 Å². The SMILES string of the molecule is C.N#CC(CCN1CCC2(CC1)C(=O)NCN2c1ccccc1)(c1ccccc1)c1ccccc1. The molecular weight excluding hydrogens is 432 g/mol. The van der Waals surface area contributed by atoms with Crippen LogP contribution in [0.3, 0.4) is 0 Å². The van der Waals surface area contributed by atoms with Gasteiger partial charge in [0.15, 0.2) is 0 Å². The van der Waals surface area contributed by atoms with Gasteiger partial charge in [0.2, 0.25) is 5.91 Å². The molecule has 180 valence electrons. The van der Waals surface area contributed by atoms with E-state index in [0.717, 1.165) is 49.3 Å². The number of piperidine rings is 1. The van der Waals surface area contributed by atoms with E-state index in [0.29, 0.717) is 13.1 Å². The van der Waals surface area contributed by atoms with Crippen LogP contribution in [0, 0.1) is 11.3 Å². The molecular formula is C30H34N4O. The Morgan fingerprint density at radius 1 is 0.857 bits per heavy atom. The summed E-state index contributed by atoms with van der Waals surface area (Å²) in [6.07, 6.45) is 2.27. The molecule has 2 aliphatic rings. The lowest BCUT2D eigenvalue weighted by atomic mass is 9.73. The van der Waals surface area contributed by atoms with Crippen LogP contribution in [0.15, 0.2) is 91.0 Å². The molecule has 0 atom stereocenters. The topological polar surface area (TPSA) is 59.4 Å². The van der Waals surface area contributed by atoms with Crippen molar-refractivity contribution in [1.29, 1.82) is 5.26 Å². The van der Waals surface area contributed by atoms with Crippen LogP contribution in [0.25, 0.3) is 0 Å². The Morgan fingerprint density at radius 3 is 1.89 bits per heavy atom. The summed E-state index contributed by atoms with van der Waals surface area (Å²) < 4.78 is 0. The van der Waals surface area contributed by atoms with Gasteiger partial charge in [0.05, 0.1) is 12.7 Å². The fourth-order valence-electron chi connectivity index (χ4n) is 5.59. The fraction of sp³-hybridized carbons (Fsp3) is 0.333. The van der Waals surface area contributed by atoms with E-state index in [2.05, 4.69) is 57.6 Å². The number of hydrogen-bond donors (Lipinski definition) is 1. The van der Waals surface area contributed by atoms with Crippen molar-refractivity contribution >= 4 is 11.6 Å². The van der Waals surface area contributed by atoms with Crippen LogP contribution < -0.4 is 10.2 Å². The minimum atomic E-state index is -0.696. The van der Waals surface area contributed by atoms with Crippen molar-refractivity contribution in [2.24, 2.45) is 0 Å². The molecule has 2 saturated heterocycles. The number of carbonyl (C=O) groups excluding carboxylic acids is 1. The smallest absolute Gasteiger partial charge is 0.247 e. The summed E-state index contributed by atoms with van der Waals surface area (Å²) in [5.74, 6) is 0.135. The highest BCUT2D eigenvalue weighted by Gasteiger charge is 2.50. The van der Waals surface area contributed by atoms with E-state index < -0.39 is 11.0 Å². The van der Waals surface area contributed by atoms with E-state index in [4.69, 9.17) is 0 Å². The second kappa shape index (κ2) is 10.3. The maximum absolute atomic E-state index is 13.0. The standard InChI is InChI=1S/C29H30N4O.CH4/c30-22-28(24-10-4-1-5-11-24,25-12-6-2-7-13-25)16-19-32-20-17-29(18-21-32)27(34)31-23-33(29)26-14-8-3-9-15-26;/h1-15H,16-21,23H2,(H,31,34);1H4. The Balaban J connectivity index is 0.00000289. The molecule has 35 heavy (non-hydrogen) atoms. The summed E-state index contributed by atoms with van der Waals surface area (Å²) in [5.41, 5.74) is 1.97. The second-order valence-electron chi connectivity index (χ2n) is 9.30. The van der Waals surface area contributed by atoms with Crippen molar-refractivity contribution in [2.45, 2.75) is 37.6 Å². The number of amides is 1. The van der Waals surface area contributed by atoms with Gasteiger partial charge < -0.3 is 15.1 Å². The number of para-hydroxylation sites is 1. The summed E-state index contributed by atoms with van der Waals surface area (Å²) >= 11 is 0. The van der Waals surface area contributed by atoms with Crippen LogP contribution in [0.2, 0.25) is 0 Å². The van der Waals surface area contributed by atoms with Crippen molar-refractivity contribution in [3.8, 4) is 6.07 Å². The van der Waals surface area contributed by atoms with Gasteiger partial charge in [-0.2, -0.15) is 5.26 Å². The van der Waals surface area contributed by atoms with E-state index in [-0.39, 0.29) is 13.3 Å². The summed E-state index contributed by atoms with van der Waals surface area (Å²) in [7, 11) is 0. The zero-order chi connectivity index (χ0) is 23.4. The van der Waals surface area contributed by atoms with Crippen molar-refractivity contribution < 1.29 is 4.79 Å². The molecule has 2 fully saturated rings. The molecule has 0 bridgehead atoms. The number of likely N-dealkylation sites (tertiary alicyclic amines) is 1. The first-order valence-electron chi connectivity index (χ1n) is 12.0. The van der Waals surface area contributed by atoms with Crippen molar-refractivity contribution in [2.75, 3.05) is 31.2 Å². The minimum Gasteiger partial charge on any atom is -0.339 e. The molecule has 1 amide bonds. The normalized spacial score (nSPS) is 17.5. The van der Waals surface area contributed by atoms with Gasteiger partial charge in [-0.1, -0.05) is 86.3 Å². The monoisotopic (exact) mass is 466 g/mol. The highest BCUT2D eigenvalue weighted by Crippen LogP contribution is 2.38. The Labute approximate surface area is 209 Å². The zero-order valence-electron chi connectivity index (χ0n) is 19.4. The Hall–Kier alpha value is -3.62. The molecule has 5 rings (SSSR count). The molecule has 2 aliphatic heterocycles. The van der Waals surface area contributed by atoms with Crippen molar-refractivity contribution in [3.63, 3.8) is 0 Å². The molecule has 0 aromatic heterocycles. The number of anilines is 1. The number of carbonyl (C=O) groups is 1. The van der Waals surface area contributed by atoms with Gasteiger partial charge in [-0.05, 0) is 42.5 Å². The summed E-state index contributed by atoms with van der Waals surface area (Å²) in [5, 5.41) is 13.5. The van der Waals surface area contributed by atoms with E-state index in [9.17, 15) is 10.1 Å². The molecule has 3 aromatic carbocycles. The molecule has 0 radical (unpaired) electrons. The summed E-state index contributed by atoms with van der Waals surface area (Å²) in [6.45, 7) is 3.03. The molecule has 0 saturated carbocycles. The third-order valence-corrected chi connectivity index (χ3v) is 7.62. The Kier molecular flexibility index (Phi) is 7.23. The third-order valence-electron chi connectivity index (χ3n) is 7.62. The average molecular weight is 467 g/mol. The summed E-state index contributed by atoms with van der Waals surface area (Å²) in [6, 6.07) is 33.1. The average Bonchev–Trinajstić information content (AvgIpc) is 3.22. The molecule has 5 nitrogen and oxygen atoms in total. The van der Waals surface area contributed by atoms with Crippen LogP contribution in [-0.2, 0) is 10.2 Å². The molecule has 5 heteroatoms. The lowest BCUT2D eigenvalue weighted by Gasteiger charge is -2.44. The van der Waals surface area contributed by atoms with E-state index in [1.807, 2.05) is 54.6 Å². The van der Waals surface area contributed by atoms with Gasteiger partial charge >= 0.3 is 0 Å².